The van der Waals surface area contributed by atoms with Crippen LogP contribution in [0, 0.1) is 0 Å². The molecule has 0 unspecified atom stereocenters. The van der Waals surface area contributed by atoms with Crippen LogP contribution in [0.5, 0.6) is 5.75 Å². The molecule has 2 nitrogen and oxygen atoms in total. The second kappa shape index (κ2) is 9.79. The third-order valence-electron chi connectivity index (χ3n) is 3.99. The number of aryl methyl sites for hydroxylation is 1. The third kappa shape index (κ3) is 5.87. The molecule has 0 bridgehead atoms. The molecule has 0 radical (unpaired) electrons. The monoisotopic (exact) mass is 373 g/mol. The molecule has 136 valence electrons. The van der Waals surface area contributed by atoms with Crippen molar-refractivity contribution < 1.29 is 4.74 Å². The lowest BCUT2D eigenvalue weighted by molar-refractivity contribution is 0.478. The van der Waals surface area contributed by atoms with Gasteiger partial charge in [-0.1, -0.05) is 67.2 Å². The molecule has 0 aliphatic heterocycles. The predicted molar refractivity (Wildman–Crippen MR) is 116 cm³/mol. The van der Waals surface area contributed by atoms with Gasteiger partial charge in [-0.3, -0.25) is 0 Å². The van der Waals surface area contributed by atoms with Crippen LogP contribution in [-0.2, 0) is 6.42 Å². The second-order valence-electron chi connectivity index (χ2n) is 6.08. The summed E-state index contributed by atoms with van der Waals surface area (Å²) in [6.07, 6.45) is 2.80. The van der Waals surface area contributed by atoms with E-state index in [9.17, 15) is 0 Å². The van der Waals surface area contributed by atoms with E-state index in [1.807, 2.05) is 55.5 Å². The van der Waals surface area contributed by atoms with Gasteiger partial charge >= 0.3 is 0 Å². The van der Waals surface area contributed by atoms with E-state index < -0.39 is 0 Å². The molecule has 3 aromatic rings. The lowest BCUT2D eigenvalue weighted by Crippen LogP contribution is -1.97. The highest BCUT2D eigenvalue weighted by atomic mass is 32.2. The Bertz CT molecular complexity index is 900. The molecule has 0 aliphatic carbocycles. The van der Waals surface area contributed by atoms with Gasteiger partial charge in [0.2, 0.25) is 0 Å². The summed E-state index contributed by atoms with van der Waals surface area (Å²) in [4.78, 5) is 6.02. The number of rotatable bonds is 6. The summed E-state index contributed by atoms with van der Waals surface area (Å²) in [7, 11) is 0. The van der Waals surface area contributed by atoms with E-state index in [1.54, 1.807) is 18.0 Å². The number of ether oxygens (including phenoxy) is 1. The predicted octanol–water partition coefficient (Wildman–Crippen LogP) is 7.05. The summed E-state index contributed by atoms with van der Waals surface area (Å²) in [6, 6.07) is 28.4. The Morgan fingerprint density at radius 1 is 0.889 bits per heavy atom. The van der Waals surface area contributed by atoms with Gasteiger partial charge in [-0.15, -0.1) is 0 Å². The zero-order valence-electron chi connectivity index (χ0n) is 15.6. The van der Waals surface area contributed by atoms with Crippen LogP contribution < -0.4 is 4.74 Å². The molecule has 0 saturated heterocycles. The minimum absolute atomic E-state index is 0.813. The summed E-state index contributed by atoms with van der Waals surface area (Å²) in [5.74, 6) is 0.813. The average molecular weight is 374 g/mol. The van der Waals surface area contributed by atoms with Gasteiger partial charge in [-0.05, 0) is 55.3 Å². The molecular weight excluding hydrogens is 350 g/mol. The van der Waals surface area contributed by atoms with Crippen LogP contribution in [0.4, 0.5) is 5.69 Å². The molecule has 0 fully saturated rings. The first-order valence-corrected chi connectivity index (χ1v) is 9.85. The number of aliphatic imine (C=N–C) groups is 1. The highest BCUT2D eigenvalue weighted by Crippen LogP contribution is 2.27. The minimum atomic E-state index is 0.813. The van der Waals surface area contributed by atoms with Gasteiger partial charge in [0.25, 0.3) is 0 Å². The smallest absolute Gasteiger partial charge is 0.126 e. The lowest BCUT2D eigenvalue weighted by atomic mass is 10.1. The zero-order valence-corrected chi connectivity index (χ0v) is 16.4. The molecule has 0 atom stereocenters. The second-order valence-corrected chi connectivity index (χ2v) is 7.15. The normalized spacial score (nSPS) is 12.1. The topological polar surface area (TPSA) is 21.6 Å². The number of benzene rings is 3. The minimum Gasteiger partial charge on any atom is -0.465 e. The van der Waals surface area contributed by atoms with Crippen molar-refractivity contribution in [3.63, 3.8) is 0 Å². The Hall–Kier alpha value is -2.78. The number of para-hydroxylation sites is 1. The van der Waals surface area contributed by atoms with Gasteiger partial charge in [-0.2, -0.15) is 0 Å². The molecule has 0 N–H and O–H groups in total. The maximum Gasteiger partial charge on any atom is 0.126 e. The van der Waals surface area contributed by atoms with Gasteiger partial charge in [0.05, 0.1) is 11.9 Å². The number of thioether (sulfide) groups is 1. The Kier molecular flexibility index (Phi) is 6.89. The molecule has 27 heavy (non-hydrogen) atoms. The maximum absolute atomic E-state index is 5.80. The summed E-state index contributed by atoms with van der Waals surface area (Å²) in [5.41, 5.74) is 3.23. The van der Waals surface area contributed by atoms with E-state index in [0.717, 1.165) is 33.4 Å². The summed E-state index contributed by atoms with van der Waals surface area (Å²) < 4.78 is 5.80. The largest absolute Gasteiger partial charge is 0.465 e. The van der Waals surface area contributed by atoms with Crippen molar-refractivity contribution in [2.24, 2.45) is 4.99 Å². The number of hydrogen-bond donors (Lipinski definition) is 0. The maximum atomic E-state index is 5.80. The Morgan fingerprint density at radius 3 is 2.15 bits per heavy atom. The van der Waals surface area contributed by atoms with Crippen molar-refractivity contribution in [2.45, 2.75) is 25.2 Å². The Morgan fingerprint density at radius 2 is 1.52 bits per heavy atom. The van der Waals surface area contributed by atoms with Gasteiger partial charge in [0.1, 0.15) is 10.8 Å². The molecule has 3 rings (SSSR count). The molecule has 0 aromatic heterocycles. The molecule has 3 aromatic carbocycles. The lowest BCUT2D eigenvalue weighted by Gasteiger charge is -2.08. The van der Waals surface area contributed by atoms with Gasteiger partial charge < -0.3 is 4.74 Å². The van der Waals surface area contributed by atoms with Crippen molar-refractivity contribution in [1.29, 1.82) is 0 Å². The van der Waals surface area contributed by atoms with Crippen LogP contribution in [0.1, 0.15) is 19.4 Å². The molecule has 0 saturated carbocycles. The summed E-state index contributed by atoms with van der Waals surface area (Å²) in [6.45, 7) is 4.18. The van der Waals surface area contributed by atoms with Crippen LogP contribution in [-0.4, -0.2) is 5.04 Å². The van der Waals surface area contributed by atoms with Gasteiger partial charge in [0, 0.05) is 10.5 Å². The first kappa shape index (κ1) is 19.0. The molecule has 0 amide bonds. The van der Waals surface area contributed by atoms with Crippen LogP contribution in [0.25, 0.3) is 0 Å². The van der Waals surface area contributed by atoms with Crippen LogP contribution in [0.15, 0.2) is 107 Å². The summed E-state index contributed by atoms with van der Waals surface area (Å²) in [5, 5.41) is 0.918. The Labute approximate surface area is 165 Å². The standard InChI is InChI=1S/C24H23NOS/c1-3-20-14-16-21(17-15-20)25-24(27-23-12-8-5-9-13-23)19(2)18-26-22-10-6-4-7-11-22/h4-18H,3H2,1-2H3/b19-18+,25-24?. The number of hydrogen-bond acceptors (Lipinski definition) is 3. The van der Waals surface area contributed by atoms with Crippen LogP contribution in [0.3, 0.4) is 0 Å². The van der Waals surface area contributed by atoms with Gasteiger partial charge in [0.15, 0.2) is 0 Å². The fraction of sp³-hybridized carbons (Fsp3) is 0.125. The molecule has 0 aliphatic rings. The Balaban J connectivity index is 1.87. The average Bonchev–Trinajstić information content (AvgIpc) is 2.73. The van der Waals surface area contributed by atoms with Crippen molar-refractivity contribution in [1.82, 2.24) is 0 Å². The number of nitrogens with zero attached hydrogens (tertiary/aromatic N) is 1. The van der Waals surface area contributed by atoms with Crippen molar-refractivity contribution >= 4 is 22.5 Å². The van der Waals surface area contributed by atoms with Crippen molar-refractivity contribution in [3.05, 3.63) is 102 Å². The first-order valence-electron chi connectivity index (χ1n) is 9.04. The van der Waals surface area contributed by atoms with Crippen LogP contribution in [0.2, 0.25) is 0 Å². The van der Waals surface area contributed by atoms with Crippen LogP contribution >= 0.6 is 11.8 Å². The van der Waals surface area contributed by atoms with E-state index in [2.05, 4.69) is 43.3 Å². The summed E-state index contributed by atoms with van der Waals surface area (Å²) >= 11 is 1.64. The highest BCUT2D eigenvalue weighted by Gasteiger charge is 2.07. The fourth-order valence-electron chi connectivity index (χ4n) is 2.42. The molecule has 0 spiro atoms. The van der Waals surface area contributed by atoms with E-state index in [4.69, 9.17) is 9.73 Å². The van der Waals surface area contributed by atoms with Gasteiger partial charge in [-0.25, -0.2) is 4.99 Å². The quantitative estimate of drug-likeness (QED) is 0.200. The molecular formula is C24H23NOS. The van der Waals surface area contributed by atoms with E-state index in [1.165, 1.54) is 5.56 Å². The SMILES string of the molecule is CCc1ccc(N=C(Sc2ccccc2)/C(C)=C/Oc2ccccc2)cc1. The van der Waals surface area contributed by atoms with Crippen molar-refractivity contribution in [2.75, 3.05) is 0 Å². The zero-order chi connectivity index (χ0) is 18.9. The third-order valence-corrected chi connectivity index (χ3v) is 5.10. The first-order chi connectivity index (χ1) is 13.2. The van der Waals surface area contributed by atoms with E-state index in [0.29, 0.717) is 0 Å². The molecule has 3 heteroatoms. The highest BCUT2D eigenvalue weighted by molar-refractivity contribution is 8.14. The van der Waals surface area contributed by atoms with E-state index >= 15 is 0 Å². The van der Waals surface area contributed by atoms with E-state index in [-0.39, 0.29) is 0 Å². The molecule has 0 heterocycles. The van der Waals surface area contributed by atoms with Crippen molar-refractivity contribution in [3.8, 4) is 5.75 Å². The fourth-order valence-corrected chi connectivity index (χ4v) is 3.30.